The Labute approximate surface area is 129 Å². The standard InChI is InChI=1S/C14H23N5OS/c1-13(2,10-5-3-4-6-10)12(20)15-14(7-8-21-9-14)11-16-18-19-17-11/h10H,3-9H2,1-2H3,(H,15,20)(H,16,17,18,19). The molecule has 7 heteroatoms. The van der Waals surface area contributed by atoms with Gasteiger partial charge in [-0.2, -0.15) is 17.0 Å². The van der Waals surface area contributed by atoms with Gasteiger partial charge in [-0.1, -0.05) is 31.9 Å². The van der Waals surface area contributed by atoms with Crippen molar-refractivity contribution in [2.75, 3.05) is 11.5 Å². The summed E-state index contributed by atoms with van der Waals surface area (Å²) in [5.41, 5.74) is -0.787. The van der Waals surface area contributed by atoms with Crippen LogP contribution in [0.5, 0.6) is 0 Å². The van der Waals surface area contributed by atoms with Gasteiger partial charge in [0.2, 0.25) is 11.7 Å². The molecule has 0 spiro atoms. The van der Waals surface area contributed by atoms with Crippen LogP contribution in [0.2, 0.25) is 0 Å². The van der Waals surface area contributed by atoms with E-state index >= 15 is 0 Å². The second-order valence-electron chi connectivity index (χ2n) is 6.78. The van der Waals surface area contributed by atoms with Gasteiger partial charge in [0.15, 0.2) is 0 Å². The van der Waals surface area contributed by atoms with Crippen molar-refractivity contribution in [3.8, 4) is 0 Å². The Bertz CT molecular complexity index is 489. The van der Waals surface area contributed by atoms with E-state index < -0.39 is 5.54 Å². The summed E-state index contributed by atoms with van der Waals surface area (Å²) < 4.78 is 0. The number of tetrazole rings is 1. The molecule has 1 saturated carbocycles. The van der Waals surface area contributed by atoms with Gasteiger partial charge in [0.1, 0.15) is 5.54 Å². The van der Waals surface area contributed by atoms with Gasteiger partial charge in [-0.25, -0.2) is 0 Å². The van der Waals surface area contributed by atoms with Gasteiger partial charge >= 0.3 is 0 Å². The molecule has 116 valence electrons. The lowest BCUT2D eigenvalue weighted by Gasteiger charge is -2.35. The van der Waals surface area contributed by atoms with Crippen LogP contribution in [0.1, 0.15) is 51.8 Å². The summed E-state index contributed by atoms with van der Waals surface area (Å²) in [6, 6.07) is 0. The van der Waals surface area contributed by atoms with Crippen molar-refractivity contribution in [3.63, 3.8) is 0 Å². The number of thioether (sulfide) groups is 1. The van der Waals surface area contributed by atoms with E-state index in [1.165, 1.54) is 12.8 Å². The highest BCUT2D eigenvalue weighted by molar-refractivity contribution is 7.99. The predicted molar refractivity (Wildman–Crippen MR) is 81.7 cm³/mol. The highest BCUT2D eigenvalue weighted by Gasteiger charge is 2.46. The van der Waals surface area contributed by atoms with Gasteiger partial charge in [0.25, 0.3) is 0 Å². The molecule has 1 amide bonds. The summed E-state index contributed by atoms with van der Waals surface area (Å²) in [6.45, 7) is 4.15. The zero-order valence-corrected chi connectivity index (χ0v) is 13.5. The van der Waals surface area contributed by atoms with Crippen molar-refractivity contribution in [3.05, 3.63) is 5.82 Å². The first-order valence-electron chi connectivity index (χ1n) is 7.69. The zero-order chi connectivity index (χ0) is 14.9. The van der Waals surface area contributed by atoms with Gasteiger partial charge in [0.05, 0.1) is 0 Å². The van der Waals surface area contributed by atoms with E-state index in [2.05, 4.69) is 39.8 Å². The maximum absolute atomic E-state index is 12.9. The highest BCUT2D eigenvalue weighted by atomic mass is 32.2. The van der Waals surface area contributed by atoms with E-state index in [1.54, 1.807) is 0 Å². The average Bonchev–Trinajstić information content (AvgIpc) is 3.21. The van der Waals surface area contributed by atoms with Gasteiger partial charge in [0, 0.05) is 11.2 Å². The molecule has 1 aromatic rings. The van der Waals surface area contributed by atoms with E-state index in [4.69, 9.17) is 0 Å². The van der Waals surface area contributed by atoms with Gasteiger partial charge in [-0.3, -0.25) is 4.79 Å². The van der Waals surface area contributed by atoms with Crippen LogP contribution in [0.4, 0.5) is 0 Å². The lowest BCUT2D eigenvalue weighted by molar-refractivity contribution is -0.134. The summed E-state index contributed by atoms with van der Waals surface area (Å²) in [4.78, 5) is 12.9. The number of hydrogen-bond donors (Lipinski definition) is 2. The molecule has 6 nitrogen and oxygen atoms in total. The summed E-state index contributed by atoms with van der Waals surface area (Å²) in [6.07, 6.45) is 5.67. The molecule has 1 aliphatic carbocycles. The molecule has 1 aromatic heterocycles. The Balaban J connectivity index is 1.78. The third kappa shape index (κ3) is 2.67. The SMILES string of the molecule is CC(C)(C(=O)NC1(c2nn[nH]n2)CCSC1)C1CCCC1. The second kappa shape index (κ2) is 5.59. The number of aromatic amines is 1. The minimum Gasteiger partial charge on any atom is -0.342 e. The van der Waals surface area contributed by atoms with Crippen LogP contribution in [-0.2, 0) is 10.3 Å². The molecule has 1 aliphatic heterocycles. The summed E-state index contributed by atoms with van der Waals surface area (Å²) in [5.74, 6) is 3.05. The van der Waals surface area contributed by atoms with Crippen LogP contribution in [0, 0.1) is 11.3 Å². The summed E-state index contributed by atoms with van der Waals surface area (Å²) in [5, 5.41) is 17.7. The number of nitrogens with zero attached hydrogens (tertiary/aromatic N) is 3. The molecule has 2 heterocycles. The molecular weight excluding hydrogens is 286 g/mol. The molecule has 0 aromatic carbocycles. The molecule has 1 atom stereocenters. The molecule has 1 saturated heterocycles. The quantitative estimate of drug-likeness (QED) is 0.887. The Morgan fingerprint density at radius 3 is 2.76 bits per heavy atom. The molecule has 2 N–H and O–H groups in total. The van der Waals surface area contributed by atoms with E-state index in [9.17, 15) is 4.79 Å². The molecule has 1 unspecified atom stereocenters. The third-order valence-corrected chi connectivity index (χ3v) is 6.30. The number of aromatic nitrogens is 4. The fraction of sp³-hybridized carbons (Fsp3) is 0.857. The first kappa shape index (κ1) is 14.8. The first-order valence-corrected chi connectivity index (χ1v) is 8.84. The Morgan fingerprint density at radius 1 is 1.43 bits per heavy atom. The van der Waals surface area contributed by atoms with Gasteiger partial charge < -0.3 is 5.32 Å². The third-order valence-electron chi connectivity index (χ3n) is 5.11. The summed E-state index contributed by atoms with van der Waals surface area (Å²) in [7, 11) is 0. The number of amides is 1. The maximum atomic E-state index is 12.9. The molecule has 3 rings (SSSR count). The monoisotopic (exact) mass is 309 g/mol. The maximum Gasteiger partial charge on any atom is 0.226 e. The van der Waals surface area contributed by atoms with E-state index in [0.29, 0.717) is 11.7 Å². The van der Waals surface area contributed by atoms with Crippen molar-refractivity contribution < 1.29 is 4.79 Å². The van der Waals surface area contributed by atoms with Crippen molar-refractivity contribution in [1.29, 1.82) is 0 Å². The fourth-order valence-electron chi connectivity index (χ4n) is 3.47. The number of H-pyrrole nitrogens is 1. The van der Waals surface area contributed by atoms with Crippen LogP contribution < -0.4 is 5.32 Å². The molecule has 0 bridgehead atoms. The van der Waals surface area contributed by atoms with Gasteiger partial charge in [-0.05, 0) is 30.9 Å². The number of carbonyl (C=O) groups excluding carboxylic acids is 1. The zero-order valence-electron chi connectivity index (χ0n) is 12.7. The average molecular weight is 309 g/mol. The topological polar surface area (TPSA) is 83.6 Å². The van der Waals surface area contributed by atoms with Crippen molar-refractivity contribution in [2.24, 2.45) is 11.3 Å². The van der Waals surface area contributed by atoms with E-state index in [1.807, 2.05) is 11.8 Å². The lowest BCUT2D eigenvalue weighted by atomic mass is 9.76. The lowest BCUT2D eigenvalue weighted by Crippen LogP contribution is -2.52. The van der Waals surface area contributed by atoms with E-state index in [0.717, 1.165) is 30.8 Å². The van der Waals surface area contributed by atoms with Crippen LogP contribution >= 0.6 is 11.8 Å². The van der Waals surface area contributed by atoms with Crippen LogP contribution in [0.25, 0.3) is 0 Å². The van der Waals surface area contributed by atoms with Crippen molar-refractivity contribution in [2.45, 2.75) is 51.5 Å². The highest BCUT2D eigenvalue weighted by Crippen LogP contribution is 2.41. The van der Waals surface area contributed by atoms with Crippen LogP contribution in [0.15, 0.2) is 0 Å². The largest absolute Gasteiger partial charge is 0.342 e. The number of hydrogen-bond acceptors (Lipinski definition) is 5. The normalized spacial score (nSPS) is 27.1. The predicted octanol–water partition coefficient (Wildman–Crippen LogP) is 1.86. The molecular formula is C14H23N5OS. The van der Waals surface area contributed by atoms with Crippen molar-refractivity contribution >= 4 is 17.7 Å². The minimum atomic E-state index is -0.454. The fourth-order valence-corrected chi connectivity index (χ4v) is 4.80. The molecule has 21 heavy (non-hydrogen) atoms. The Kier molecular flexibility index (Phi) is 3.94. The molecule has 2 fully saturated rings. The smallest absolute Gasteiger partial charge is 0.226 e. The first-order chi connectivity index (χ1) is 10.0. The second-order valence-corrected chi connectivity index (χ2v) is 7.88. The minimum absolute atomic E-state index is 0.127. The Hall–Kier alpha value is -1.11. The van der Waals surface area contributed by atoms with Crippen LogP contribution in [-0.4, -0.2) is 38.0 Å². The Morgan fingerprint density at radius 2 is 2.19 bits per heavy atom. The van der Waals surface area contributed by atoms with Gasteiger partial charge in [-0.15, -0.1) is 10.2 Å². The summed E-state index contributed by atoms with van der Waals surface area (Å²) >= 11 is 1.83. The molecule has 2 aliphatic rings. The van der Waals surface area contributed by atoms with Crippen LogP contribution in [0.3, 0.4) is 0 Å². The number of nitrogens with one attached hydrogen (secondary N) is 2. The van der Waals surface area contributed by atoms with Crippen molar-refractivity contribution in [1.82, 2.24) is 25.9 Å². The number of rotatable bonds is 4. The molecule has 0 radical (unpaired) electrons. The number of carbonyl (C=O) groups is 1. The van der Waals surface area contributed by atoms with E-state index in [-0.39, 0.29) is 11.3 Å².